The largest absolute Gasteiger partial charge is 0.481 e. The number of amides is 1. The molecule has 1 amide bonds. The smallest absolute Gasteiger partial charge is 0.303 e. The Morgan fingerprint density at radius 3 is 2.55 bits per heavy atom. The summed E-state index contributed by atoms with van der Waals surface area (Å²) in [6.07, 6.45) is 0.157. The first-order valence-corrected chi connectivity index (χ1v) is 5.92. The Bertz CT molecular complexity index is 530. The van der Waals surface area contributed by atoms with Gasteiger partial charge in [0.15, 0.2) is 0 Å². The number of rotatable bonds is 7. The van der Waals surface area contributed by atoms with Crippen LogP contribution < -0.4 is 10.6 Å². The van der Waals surface area contributed by atoms with Crippen LogP contribution >= 0.6 is 0 Å². The lowest BCUT2D eigenvalue weighted by Crippen LogP contribution is -2.13. The molecule has 1 aromatic carbocycles. The maximum atomic E-state index is 11.6. The first-order chi connectivity index (χ1) is 9.43. The van der Waals surface area contributed by atoms with Crippen LogP contribution in [-0.4, -0.2) is 29.0 Å². The van der Waals surface area contributed by atoms with Crippen molar-refractivity contribution in [2.75, 3.05) is 17.7 Å². The molecule has 0 bridgehead atoms. The van der Waals surface area contributed by atoms with Crippen LogP contribution in [0.2, 0.25) is 0 Å². The normalized spacial score (nSPS) is 9.85. The van der Waals surface area contributed by atoms with E-state index in [1.54, 1.807) is 7.05 Å². The first kappa shape index (κ1) is 15.4. The fraction of sp³-hybridized carbons (Fsp3) is 0.333. The monoisotopic (exact) mass is 281 g/mol. The van der Waals surface area contributed by atoms with Crippen LogP contribution in [0, 0.1) is 10.1 Å². The molecular formula is C12H15N3O5. The Balaban J connectivity index is 2.74. The van der Waals surface area contributed by atoms with E-state index in [0.29, 0.717) is 11.4 Å². The molecule has 0 heterocycles. The van der Waals surface area contributed by atoms with E-state index in [1.165, 1.54) is 18.2 Å². The number of hydrogen-bond acceptors (Lipinski definition) is 5. The summed E-state index contributed by atoms with van der Waals surface area (Å²) in [6.45, 7) is 0. The number of benzene rings is 1. The standard InChI is InChI=1S/C12H15N3O5/c1-13-9-6-5-8(15(19)20)7-10(9)14-11(16)3-2-4-12(17)18/h5-7,13H,2-4H2,1H3,(H,14,16)(H,17,18). The number of aliphatic carboxylic acids is 1. The van der Waals surface area contributed by atoms with Crippen LogP contribution in [-0.2, 0) is 9.59 Å². The second kappa shape index (κ2) is 7.07. The molecule has 0 aliphatic rings. The summed E-state index contributed by atoms with van der Waals surface area (Å²) < 4.78 is 0. The average Bonchev–Trinajstić information content (AvgIpc) is 2.38. The predicted molar refractivity (Wildman–Crippen MR) is 72.8 cm³/mol. The third-order valence-corrected chi connectivity index (χ3v) is 2.55. The summed E-state index contributed by atoms with van der Waals surface area (Å²) in [6, 6.07) is 4.07. The average molecular weight is 281 g/mol. The minimum absolute atomic E-state index is 0.0398. The highest BCUT2D eigenvalue weighted by Gasteiger charge is 2.12. The molecule has 20 heavy (non-hydrogen) atoms. The van der Waals surface area contributed by atoms with Gasteiger partial charge in [-0.25, -0.2) is 0 Å². The van der Waals surface area contributed by atoms with E-state index < -0.39 is 10.9 Å². The molecule has 0 fully saturated rings. The van der Waals surface area contributed by atoms with E-state index in [4.69, 9.17) is 5.11 Å². The number of carbonyl (C=O) groups is 2. The topological polar surface area (TPSA) is 122 Å². The molecule has 3 N–H and O–H groups in total. The Kier molecular flexibility index (Phi) is 5.45. The highest BCUT2D eigenvalue weighted by Crippen LogP contribution is 2.26. The number of carbonyl (C=O) groups excluding carboxylic acids is 1. The molecule has 0 aromatic heterocycles. The fourth-order valence-electron chi connectivity index (χ4n) is 1.58. The number of anilines is 2. The third kappa shape index (κ3) is 4.56. The summed E-state index contributed by atoms with van der Waals surface area (Å²) in [7, 11) is 1.63. The maximum Gasteiger partial charge on any atom is 0.303 e. The quantitative estimate of drug-likeness (QED) is 0.517. The van der Waals surface area contributed by atoms with Crippen molar-refractivity contribution >= 4 is 28.9 Å². The Morgan fingerprint density at radius 1 is 1.30 bits per heavy atom. The molecular weight excluding hydrogens is 266 g/mol. The highest BCUT2D eigenvalue weighted by atomic mass is 16.6. The zero-order valence-electron chi connectivity index (χ0n) is 10.9. The molecule has 1 rings (SSSR count). The van der Waals surface area contributed by atoms with Gasteiger partial charge in [-0.3, -0.25) is 19.7 Å². The van der Waals surface area contributed by atoms with Crippen LogP contribution in [0.3, 0.4) is 0 Å². The van der Waals surface area contributed by atoms with Gasteiger partial charge in [-0.15, -0.1) is 0 Å². The van der Waals surface area contributed by atoms with Crippen molar-refractivity contribution in [2.45, 2.75) is 19.3 Å². The van der Waals surface area contributed by atoms with E-state index >= 15 is 0 Å². The molecule has 0 unspecified atom stereocenters. The number of carboxylic acid groups (broad SMARTS) is 1. The van der Waals surface area contributed by atoms with Gasteiger partial charge in [0.2, 0.25) is 5.91 Å². The van der Waals surface area contributed by atoms with Gasteiger partial charge in [-0.2, -0.15) is 0 Å². The predicted octanol–water partition coefficient (Wildman–Crippen LogP) is 1.83. The van der Waals surface area contributed by atoms with Crippen LogP contribution in [0.25, 0.3) is 0 Å². The van der Waals surface area contributed by atoms with Crippen LogP contribution in [0.4, 0.5) is 17.1 Å². The number of nitro benzene ring substituents is 1. The lowest BCUT2D eigenvalue weighted by Gasteiger charge is -2.10. The summed E-state index contributed by atoms with van der Waals surface area (Å²) in [4.78, 5) is 32.1. The van der Waals surface area contributed by atoms with Crippen molar-refractivity contribution < 1.29 is 19.6 Å². The lowest BCUT2D eigenvalue weighted by molar-refractivity contribution is -0.384. The number of carboxylic acids is 1. The zero-order chi connectivity index (χ0) is 15.1. The molecule has 0 atom stereocenters. The third-order valence-electron chi connectivity index (χ3n) is 2.55. The minimum Gasteiger partial charge on any atom is -0.481 e. The highest BCUT2D eigenvalue weighted by molar-refractivity contribution is 5.94. The molecule has 0 saturated heterocycles. The summed E-state index contributed by atoms with van der Waals surface area (Å²) in [5.41, 5.74) is 0.703. The van der Waals surface area contributed by atoms with Crippen molar-refractivity contribution in [3.63, 3.8) is 0 Å². The van der Waals surface area contributed by atoms with Crippen molar-refractivity contribution in [2.24, 2.45) is 0 Å². The lowest BCUT2D eigenvalue weighted by atomic mass is 10.2. The van der Waals surface area contributed by atoms with Gasteiger partial charge in [0, 0.05) is 32.0 Å². The van der Waals surface area contributed by atoms with Crippen LogP contribution in [0.5, 0.6) is 0 Å². The van der Waals surface area contributed by atoms with Gasteiger partial charge in [-0.1, -0.05) is 0 Å². The van der Waals surface area contributed by atoms with Gasteiger partial charge < -0.3 is 15.7 Å². The van der Waals surface area contributed by atoms with Gasteiger partial charge in [-0.05, 0) is 12.5 Å². The fourth-order valence-corrected chi connectivity index (χ4v) is 1.58. The molecule has 0 aliphatic carbocycles. The van der Waals surface area contributed by atoms with Gasteiger partial charge in [0.25, 0.3) is 5.69 Å². The molecule has 108 valence electrons. The second-order valence-corrected chi connectivity index (χ2v) is 4.03. The number of nitro groups is 1. The van der Waals surface area contributed by atoms with Gasteiger partial charge in [0.1, 0.15) is 0 Å². The van der Waals surface area contributed by atoms with Crippen molar-refractivity contribution in [3.8, 4) is 0 Å². The van der Waals surface area contributed by atoms with Gasteiger partial charge in [0.05, 0.1) is 16.3 Å². The molecule has 0 saturated carbocycles. The maximum absolute atomic E-state index is 11.6. The second-order valence-electron chi connectivity index (χ2n) is 4.03. The number of hydrogen-bond donors (Lipinski definition) is 3. The van der Waals surface area contributed by atoms with Gasteiger partial charge >= 0.3 is 5.97 Å². The van der Waals surface area contributed by atoms with Crippen LogP contribution in [0.15, 0.2) is 18.2 Å². The summed E-state index contributed by atoms with van der Waals surface area (Å²) in [5.74, 6) is -1.35. The van der Waals surface area contributed by atoms with E-state index in [0.717, 1.165) is 0 Å². The van der Waals surface area contributed by atoms with Crippen LogP contribution in [0.1, 0.15) is 19.3 Å². The number of nitrogens with zero attached hydrogens (tertiary/aromatic N) is 1. The zero-order valence-corrected chi connectivity index (χ0v) is 10.9. The Morgan fingerprint density at radius 2 is 2.00 bits per heavy atom. The molecule has 1 aromatic rings. The van der Waals surface area contributed by atoms with Crippen molar-refractivity contribution in [3.05, 3.63) is 28.3 Å². The van der Waals surface area contributed by atoms with E-state index in [9.17, 15) is 19.7 Å². The Hall–Kier alpha value is -2.64. The first-order valence-electron chi connectivity index (χ1n) is 5.92. The minimum atomic E-state index is -0.968. The molecule has 0 radical (unpaired) electrons. The Labute approximate surface area is 114 Å². The van der Waals surface area contributed by atoms with Crippen molar-refractivity contribution in [1.82, 2.24) is 0 Å². The molecule has 8 heteroatoms. The van der Waals surface area contributed by atoms with E-state index in [1.807, 2.05) is 0 Å². The SMILES string of the molecule is CNc1ccc([N+](=O)[O-])cc1NC(=O)CCCC(=O)O. The summed E-state index contributed by atoms with van der Waals surface area (Å²) in [5, 5.41) is 24.5. The molecule has 8 nitrogen and oxygen atoms in total. The van der Waals surface area contributed by atoms with Crippen molar-refractivity contribution in [1.29, 1.82) is 0 Å². The summed E-state index contributed by atoms with van der Waals surface area (Å²) >= 11 is 0. The molecule has 0 aliphatic heterocycles. The number of non-ortho nitro benzene ring substituents is 1. The molecule has 0 spiro atoms. The van der Waals surface area contributed by atoms with E-state index in [-0.39, 0.29) is 30.9 Å². The number of nitrogens with one attached hydrogen (secondary N) is 2. The van der Waals surface area contributed by atoms with E-state index in [2.05, 4.69) is 10.6 Å².